The number of amides is 1. The van der Waals surface area contributed by atoms with Crippen LogP contribution in [0, 0.1) is 6.92 Å². The number of carbonyl (C=O) groups is 1. The maximum atomic E-state index is 14.3. The molecule has 0 saturated carbocycles. The van der Waals surface area contributed by atoms with E-state index in [0.29, 0.717) is 16.3 Å². The van der Waals surface area contributed by atoms with Crippen molar-refractivity contribution in [2.24, 2.45) is 7.05 Å². The Balaban J connectivity index is 1.94. The van der Waals surface area contributed by atoms with Crippen LogP contribution in [0.3, 0.4) is 0 Å². The van der Waals surface area contributed by atoms with Crippen molar-refractivity contribution in [3.8, 4) is 11.1 Å². The van der Waals surface area contributed by atoms with Crippen LogP contribution < -0.4 is 0 Å². The average Bonchev–Trinajstić information content (AvgIpc) is 3.28. The topological polar surface area (TPSA) is 77.2 Å². The van der Waals surface area contributed by atoms with Crippen LogP contribution >= 0.6 is 11.6 Å². The molecule has 2 aromatic heterocycles. The molecule has 12 heteroatoms. The van der Waals surface area contributed by atoms with E-state index >= 15 is 0 Å². The van der Waals surface area contributed by atoms with Gasteiger partial charge in [0.1, 0.15) is 11.4 Å². The average molecular weight is 515 g/mol. The molecular weight excluding hydrogens is 493 g/mol. The minimum Gasteiger partial charge on any atom is -0.340 e. The van der Waals surface area contributed by atoms with Gasteiger partial charge in [-0.25, -0.2) is 13.4 Å². The second kappa shape index (κ2) is 8.77. The highest BCUT2D eigenvalue weighted by atomic mass is 35.5. The fraction of sp³-hybridized carbons (Fsp3) is 0.364. The molecule has 182 valence electrons. The zero-order valence-corrected chi connectivity index (χ0v) is 20.0. The number of nitrogens with zero attached hydrogens (tertiary/aromatic N) is 4. The predicted molar refractivity (Wildman–Crippen MR) is 121 cm³/mol. The van der Waals surface area contributed by atoms with Gasteiger partial charge in [-0.05, 0) is 30.2 Å². The van der Waals surface area contributed by atoms with Crippen molar-refractivity contribution >= 4 is 27.3 Å². The van der Waals surface area contributed by atoms with Crippen LogP contribution in [0.2, 0.25) is 5.02 Å². The van der Waals surface area contributed by atoms with Gasteiger partial charge in [-0.15, -0.1) is 0 Å². The van der Waals surface area contributed by atoms with E-state index in [9.17, 15) is 26.4 Å². The van der Waals surface area contributed by atoms with Crippen LogP contribution in [0.1, 0.15) is 27.4 Å². The second-order valence-corrected chi connectivity index (χ2v) is 11.0. The minimum atomic E-state index is -4.75. The Labute approximate surface area is 199 Å². The maximum Gasteiger partial charge on any atom is 0.431 e. The van der Waals surface area contributed by atoms with E-state index in [1.54, 1.807) is 42.1 Å². The van der Waals surface area contributed by atoms with Crippen LogP contribution in [0.5, 0.6) is 0 Å². The monoisotopic (exact) mass is 514 g/mol. The number of carbonyl (C=O) groups excluding carboxylic acids is 1. The number of imidazole rings is 1. The molecular formula is C22H22ClF3N4O3S. The van der Waals surface area contributed by atoms with Gasteiger partial charge in [0.25, 0.3) is 5.91 Å². The van der Waals surface area contributed by atoms with Gasteiger partial charge >= 0.3 is 6.18 Å². The van der Waals surface area contributed by atoms with Crippen molar-refractivity contribution in [3.63, 3.8) is 0 Å². The first-order chi connectivity index (χ1) is 15.9. The number of halogens is 4. The van der Waals surface area contributed by atoms with Crippen molar-refractivity contribution in [1.29, 1.82) is 0 Å². The van der Waals surface area contributed by atoms with E-state index < -0.39 is 27.6 Å². The summed E-state index contributed by atoms with van der Waals surface area (Å²) in [4.78, 5) is 19.1. The largest absolute Gasteiger partial charge is 0.431 e. The molecule has 1 saturated heterocycles. The summed E-state index contributed by atoms with van der Waals surface area (Å²) >= 11 is 5.98. The lowest BCUT2D eigenvalue weighted by Crippen LogP contribution is -2.44. The first-order valence-corrected chi connectivity index (χ1v) is 12.6. The molecule has 0 N–H and O–H groups in total. The van der Waals surface area contributed by atoms with Crippen molar-refractivity contribution < 1.29 is 26.4 Å². The van der Waals surface area contributed by atoms with Gasteiger partial charge in [-0.2, -0.15) is 13.2 Å². The van der Waals surface area contributed by atoms with Crippen molar-refractivity contribution in [2.75, 3.05) is 24.6 Å². The lowest BCUT2D eigenvalue weighted by Gasteiger charge is -2.28. The molecule has 0 spiro atoms. The molecule has 3 aromatic rings. The van der Waals surface area contributed by atoms with E-state index in [2.05, 4.69) is 4.98 Å². The SMILES string of the molecule is Cc1c(-c2ccc(Cl)cc2)c(C(=O)N2CCS(=O)(=O)CC2)n(Cc2cn(C)cn2)c1C(F)(F)F. The van der Waals surface area contributed by atoms with E-state index in [1.165, 1.54) is 18.2 Å². The molecule has 1 amide bonds. The summed E-state index contributed by atoms with van der Waals surface area (Å²) in [6.45, 7) is 0.878. The molecule has 1 aliphatic rings. The molecule has 0 bridgehead atoms. The summed E-state index contributed by atoms with van der Waals surface area (Å²) in [5.74, 6) is -1.13. The summed E-state index contributed by atoms with van der Waals surface area (Å²) < 4.78 is 69.3. The molecule has 1 aliphatic heterocycles. The molecule has 7 nitrogen and oxygen atoms in total. The lowest BCUT2D eigenvalue weighted by atomic mass is 10.00. The van der Waals surface area contributed by atoms with E-state index in [-0.39, 0.29) is 48.0 Å². The van der Waals surface area contributed by atoms with Crippen molar-refractivity contribution in [3.05, 3.63) is 64.5 Å². The third-order valence-electron chi connectivity index (χ3n) is 5.82. The summed E-state index contributed by atoms with van der Waals surface area (Å²) in [6, 6.07) is 6.21. The Kier molecular flexibility index (Phi) is 6.28. The maximum absolute atomic E-state index is 14.3. The smallest absolute Gasteiger partial charge is 0.340 e. The molecule has 4 rings (SSSR count). The number of benzene rings is 1. The molecule has 0 atom stereocenters. The van der Waals surface area contributed by atoms with Crippen molar-refractivity contribution in [2.45, 2.75) is 19.6 Å². The first-order valence-electron chi connectivity index (χ1n) is 10.4. The highest BCUT2D eigenvalue weighted by Crippen LogP contribution is 2.42. The third-order valence-corrected chi connectivity index (χ3v) is 7.68. The Morgan fingerprint density at radius 2 is 1.76 bits per heavy atom. The Morgan fingerprint density at radius 3 is 2.29 bits per heavy atom. The minimum absolute atomic E-state index is 0.0869. The molecule has 0 radical (unpaired) electrons. The number of rotatable bonds is 4. The van der Waals surface area contributed by atoms with Gasteiger partial charge in [0.2, 0.25) is 0 Å². The standard InChI is InChI=1S/C22H22ClF3N4O3S/c1-14-18(15-3-5-16(23)6-4-15)19(21(31)29-7-9-34(32,33)10-8-29)30(20(14)22(24,25)26)12-17-11-28(2)13-27-17/h3-6,11,13H,7-10,12H2,1-2H3. The number of hydrogen-bond donors (Lipinski definition) is 0. The summed E-state index contributed by atoms with van der Waals surface area (Å²) in [7, 11) is -1.59. The second-order valence-electron chi connectivity index (χ2n) is 8.26. The molecule has 34 heavy (non-hydrogen) atoms. The van der Waals surface area contributed by atoms with Crippen LogP contribution in [0.4, 0.5) is 13.2 Å². The van der Waals surface area contributed by atoms with Crippen LogP contribution in [0.15, 0.2) is 36.8 Å². The normalized spacial score (nSPS) is 16.1. The lowest BCUT2D eigenvalue weighted by molar-refractivity contribution is -0.143. The van der Waals surface area contributed by atoms with Gasteiger partial charge in [-0.1, -0.05) is 23.7 Å². The van der Waals surface area contributed by atoms with Crippen molar-refractivity contribution in [1.82, 2.24) is 19.0 Å². The number of aryl methyl sites for hydroxylation is 1. The summed E-state index contributed by atoms with van der Waals surface area (Å²) in [5, 5.41) is 0.402. The summed E-state index contributed by atoms with van der Waals surface area (Å²) in [6.07, 6.45) is -1.70. The van der Waals surface area contributed by atoms with E-state index in [4.69, 9.17) is 11.6 Å². The number of sulfone groups is 1. The fourth-order valence-electron chi connectivity index (χ4n) is 4.24. The first kappa shape index (κ1) is 24.3. The molecule has 1 fully saturated rings. The highest BCUT2D eigenvalue weighted by molar-refractivity contribution is 7.91. The molecule has 0 unspecified atom stereocenters. The van der Waals surface area contributed by atoms with Gasteiger partial charge in [0.05, 0.1) is 30.1 Å². The van der Waals surface area contributed by atoms with E-state index in [1.807, 2.05) is 0 Å². The van der Waals surface area contributed by atoms with E-state index in [0.717, 1.165) is 4.57 Å². The van der Waals surface area contributed by atoms with Gasteiger partial charge in [-0.3, -0.25) is 4.79 Å². The molecule has 3 heterocycles. The summed E-state index contributed by atoms with van der Waals surface area (Å²) in [5.41, 5.74) is -0.314. The van der Waals surface area contributed by atoms with Crippen LogP contribution in [-0.4, -0.2) is 57.9 Å². The zero-order valence-electron chi connectivity index (χ0n) is 18.4. The van der Waals surface area contributed by atoms with Gasteiger partial charge in [0.15, 0.2) is 9.84 Å². The zero-order chi connectivity index (χ0) is 24.8. The highest BCUT2D eigenvalue weighted by Gasteiger charge is 2.42. The third kappa shape index (κ3) is 4.72. The van der Waals surface area contributed by atoms with Crippen LogP contribution in [0.25, 0.3) is 11.1 Å². The molecule has 1 aromatic carbocycles. The van der Waals surface area contributed by atoms with Gasteiger partial charge in [0, 0.05) is 36.9 Å². The Morgan fingerprint density at radius 1 is 1.15 bits per heavy atom. The fourth-order valence-corrected chi connectivity index (χ4v) is 5.56. The van der Waals surface area contributed by atoms with Gasteiger partial charge < -0.3 is 14.0 Å². The number of hydrogen-bond acceptors (Lipinski definition) is 4. The van der Waals surface area contributed by atoms with Crippen LogP contribution in [-0.2, 0) is 29.6 Å². The Hall–Kier alpha value is -2.79. The quantitative estimate of drug-likeness (QED) is 0.531. The Bertz CT molecular complexity index is 1330. The number of aromatic nitrogens is 3. The molecule has 0 aliphatic carbocycles. The number of alkyl halides is 3. The predicted octanol–water partition coefficient (Wildman–Crippen LogP) is 3.79.